The van der Waals surface area contributed by atoms with Gasteiger partial charge in [0.2, 0.25) is 16.9 Å². The number of methoxy groups -OCH3 is 1. The van der Waals surface area contributed by atoms with Gasteiger partial charge in [-0.05, 0) is 18.4 Å². The lowest BCUT2D eigenvalue weighted by Gasteiger charge is -2.26. The molecule has 0 radical (unpaired) electrons. The van der Waals surface area contributed by atoms with Crippen LogP contribution in [0.15, 0.2) is 18.2 Å². The molecule has 0 spiro atoms. The molecule has 2 rings (SSSR count). The first-order valence-corrected chi connectivity index (χ1v) is 10.9. The minimum absolute atomic E-state index is 0.0371. The van der Waals surface area contributed by atoms with E-state index in [0.29, 0.717) is 6.42 Å². The van der Waals surface area contributed by atoms with Crippen LogP contribution in [0.5, 0.6) is 0 Å². The average Bonchev–Trinajstić information content (AvgIpc) is 3.06. The molecule has 1 heterocycles. The molecule has 0 aliphatic carbocycles. The normalized spacial score (nSPS) is 17.0. The van der Waals surface area contributed by atoms with E-state index in [1.807, 2.05) is 0 Å². The maximum absolute atomic E-state index is 14.0. The zero-order valence-electron chi connectivity index (χ0n) is 17.7. The Balaban J connectivity index is 2.01. The highest BCUT2D eigenvalue weighted by Gasteiger charge is 2.34. The number of thioether (sulfide) groups is 1. The van der Waals surface area contributed by atoms with Gasteiger partial charge in [-0.15, -0.1) is 0 Å². The van der Waals surface area contributed by atoms with Crippen LogP contribution in [0.4, 0.5) is 8.78 Å². The molecule has 0 aromatic heterocycles. The van der Waals surface area contributed by atoms with E-state index in [1.54, 1.807) is 13.8 Å². The summed E-state index contributed by atoms with van der Waals surface area (Å²) < 4.78 is 32.0. The molecular weight excluding hydrogens is 430 g/mol. The molecule has 1 N–H and O–H groups in total. The second-order valence-electron chi connectivity index (χ2n) is 7.60. The molecular formula is C21H26F2N2O5S. The van der Waals surface area contributed by atoms with E-state index in [2.05, 4.69) is 10.1 Å². The molecule has 0 saturated carbocycles. The van der Waals surface area contributed by atoms with Crippen LogP contribution in [-0.4, -0.2) is 52.7 Å². The quantitative estimate of drug-likeness (QED) is 0.574. The maximum Gasteiger partial charge on any atom is 0.316 e. The summed E-state index contributed by atoms with van der Waals surface area (Å²) in [5.74, 6) is -3.61. The van der Waals surface area contributed by atoms with Gasteiger partial charge in [-0.25, -0.2) is 8.78 Å². The Morgan fingerprint density at radius 1 is 1.29 bits per heavy atom. The molecule has 2 amide bonds. The number of rotatable bonds is 9. The van der Waals surface area contributed by atoms with E-state index in [-0.39, 0.29) is 47.6 Å². The third-order valence-electron chi connectivity index (χ3n) is 5.04. The summed E-state index contributed by atoms with van der Waals surface area (Å²) in [6.45, 7) is 3.39. The first-order valence-electron chi connectivity index (χ1n) is 9.89. The van der Waals surface area contributed by atoms with E-state index < -0.39 is 35.6 Å². The van der Waals surface area contributed by atoms with Gasteiger partial charge in [-0.3, -0.25) is 19.2 Å². The van der Waals surface area contributed by atoms with Gasteiger partial charge in [0.05, 0.1) is 12.9 Å². The van der Waals surface area contributed by atoms with Crippen molar-refractivity contribution in [3.05, 3.63) is 35.4 Å². The van der Waals surface area contributed by atoms with Crippen molar-refractivity contribution < 1.29 is 32.7 Å². The minimum atomic E-state index is -1.02. The molecule has 0 unspecified atom stereocenters. The maximum atomic E-state index is 14.0. The van der Waals surface area contributed by atoms with Gasteiger partial charge in [0, 0.05) is 31.0 Å². The number of likely N-dealkylation sites (tertiary alicyclic amines) is 1. The molecule has 1 saturated heterocycles. The van der Waals surface area contributed by atoms with Gasteiger partial charge in [-0.2, -0.15) is 0 Å². The smallest absolute Gasteiger partial charge is 0.316 e. The molecule has 31 heavy (non-hydrogen) atoms. The number of nitrogens with one attached hydrogen (secondary N) is 1. The first-order chi connectivity index (χ1) is 14.6. The Labute approximate surface area is 183 Å². The second kappa shape index (κ2) is 11.2. The van der Waals surface area contributed by atoms with Crippen LogP contribution in [0.1, 0.15) is 38.7 Å². The van der Waals surface area contributed by atoms with Crippen LogP contribution in [-0.2, 0) is 30.5 Å². The highest BCUT2D eigenvalue weighted by atomic mass is 32.2. The summed E-state index contributed by atoms with van der Waals surface area (Å²) in [5.41, 5.74) is 0.0371. The van der Waals surface area contributed by atoms with E-state index in [9.17, 15) is 28.0 Å². The molecule has 2 atom stereocenters. The summed E-state index contributed by atoms with van der Waals surface area (Å²) in [6, 6.07) is 2.46. The van der Waals surface area contributed by atoms with Crippen LogP contribution in [0.25, 0.3) is 0 Å². The van der Waals surface area contributed by atoms with Gasteiger partial charge in [-0.1, -0.05) is 37.7 Å². The predicted molar refractivity (Wildman–Crippen MR) is 111 cm³/mol. The molecule has 7 nitrogen and oxygen atoms in total. The average molecular weight is 457 g/mol. The number of halogens is 2. The molecule has 1 aliphatic rings. The number of benzene rings is 1. The fraction of sp³-hybridized carbons (Fsp3) is 0.524. The topological polar surface area (TPSA) is 92.8 Å². The van der Waals surface area contributed by atoms with Gasteiger partial charge >= 0.3 is 5.97 Å². The molecule has 170 valence electrons. The number of nitrogens with zero attached hydrogens (tertiary/aromatic N) is 1. The SMILES string of the molecule is COC(=O)CSC(=O)[C@H](NC(=O)C[C@@H]1CCC(=O)N1Cc1cccc(F)c1F)C(C)C. The summed E-state index contributed by atoms with van der Waals surface area (Å²) in [6.07, 6.45) is 0.539. The minimum Gasteiger partial charge on any atom is -0.468 e. The van der Waals surface area contributed by atoms with Crippen molar-refractivity contribution in [1.29, 1.82) is 0 Å². The molecule has 1 fully saturated rings. The first kappa shape index (κ1) is 24.8. The van der Waals surface area contributed by atoms with Crippen LogP contribution in [0.2, 0.25) is 0 Å². The number of esters is 1. The van der Waals surface area contributed by atoms with Crippen molar-refractivity contribution in [3.63, 3.8) is 0 Å². The Morgan fingerprint density at radius 3 is 2.65 bits per heavy atom. The third-order valence-corrected chi connectivity index (χ3v) is 5.96. The van der Waals surface area contributed by atoms with Crippen molar-refractivity contribution in [2.45, 2.75) is 51.7 Å². The largest absolute Gasteiger partial charge is 0.468 e. The van der Waals surface area contributed by atoms with Crippen molar-refractivity contribution in [2.75, 3.05) is 12.9 Å². The third kappa shape index (κ3) is 6.75. The van der Waals surface area contributed by atoms with Crippen molar-refractivity contribution in [2.24, 2.45) is 5.92 Å². The van der Waals surface area contributed by atoms with Gasteiger partial charge in [0.25, 0.3) is 0 Å². The number of carbonyl (C=O) groups is 4. The van der Waals surface area contributed by atoms with E-state index in [1.165, 1.54) is 24.1 Å². The lowest BCUT2D eigenvalue weighted by molar-refractivity contribution is -0.137. The fourth-order valence-electron chi connectivity index (χ4n) is 3.30. The summed E-state index contributed by atoms with van der Waals surface area (Å²) in [4.78, 5) is 49.9. The Bertz CT molecular complexity index is 849. The second-order valence-corrected chi connectivity index (χ2v) is 8.58. The highest BCUT2D eigenvalue weighted by Crippen LogP contribution is 2.25. The van der Waals surface area contributed by atoms with Crippen LogP contribution in [0.3, 0.4) is 0 Å². The highest BCUT2D eigenvalue weighted by molar-refractivity contribution is 8.14. The Hall–Kier alpha value is -2.49. The number of hydrogen-bond acceptors (Lipinski definition) is 6. The standard InChI is InChI=1S/C21H26F2N2O5S/c1-12(2)20(21(29)31-11-18(28)30-3)24-16(26)9-14-7-8-17(27)25(14)10-13-5-4-6-15(22)19(13)23/h4-6,12,14,20H,7-11H2,1-3H3,(H,24,26)/t14-,20+/m0/s1. The van der Waals surface area contributed by atoms with Crippen molar-refractivity contribution in [3.8, 4) is 0 Å². The number of carbonyl (C=O) groups excluding carboxylic acids is 4. The van der Waals surface area contributed by atoms with Gasteiger partial charge < -0.3 is 15.0 Å². The molecule has 10 heteroatoms. The Morgan fingerprint density at radius 2 is 2.00 bits per heavy atom. The summed E-state index contributed by atoms with van der Waals surface area (Å²) in [5, 5.41) is 2.31. The van der Waals surface area contributed by atoms with E-state index in [4.69, 9.17) is 0 Å². The molecule has 0 bridgehead atoms. The van der Waals surface area contributed by atoms with Crippen LogP contribution in [0, 0.1) is 17.6 Å². The van der Waals surface area contributed by atoms with Crippen LogP contribution < -0.4 is 5.32 Å². The Kier molecular flexibility index (Phi) is 8.97. The zero-order valence-corrected chi connectivity index (χ0v) is 18.5. The van der Waals surface area contributed by atoms with Gasteiger partial charge in [0.15, 0.2) is 11.6 Å². The number of amides is 2. The zero-order chi connectivity index (χ0) is 23.1. The van der Waals surface area contributed by atoms with E-state index in [0.717, 1.165) is 17.8 Å². The summed E-state index contributed by atoms with van der Waals surface area (Å²) >= 11 is 0.766. The lowest BCUT2D eigenvalue weighted by Crippen LogP contribution is -2.45. The molecule has 1 aliphatic heterocycles. The monoisotopic (exact) mass is 456 g/mol. The predicted octanol–water partition coefficient (Wildman–Crippen LogP) is 2.42. The number of hydrogen-bond donors (Lipinski definition) is 1. The number of ether oxygens (including phenoxy) is 1. The van der Waals surface area contributed by atoms with Gasteiger partial charge in [0.1, 0.15) is 6.04 Å². The van der Waals surface area contributed by atoms with Crippen molar-refractivity contribution >= 4 is 34.7 Å². The fourth-order valence-corrected chi connectivity index (χ4v) is 4.19. The van der Waals surface area contributed by atoms with Crippen LogP contribution >= 0.6 is 11.8 Å². The van der Waals surface area contributed by atoms with Crippen molar-refractivity contribution in [1.82, 2.24) is 10.2 Å². The molecule has 1 aromatic carbocycles. The van der Waals surface area contributed by atoms with E-state index >= 15 is 0 Å². The molecule has 1 aromatic rings. The lowest BCUT2D eigenvalue weighted by atomic mass is 10.0. The summed E-state index contributed by atoms with van der Waals surface area (Å²) in [7, 11) is 1.22.